The Morgan fingerprint density at radius 2 is 2.14 bits per heavy atom. The van der Waals surface area contributed by atoms with Crippen molar-refractivity contribution in [1.29, 1.82) is 0 Å². The Bertz CT molecular complexity index is 807. The molecule has 2 saturated carbocycles. The largest absolute Gasteiger partial charge is 0.288 e. The summed E-state index contributed by atoms with van der Waals surface area (Å²) in [7, 11) is -3.65. The van der Waals surface area contributed by atoms with Crippen LogP contribution in [0.15, 0.2) is 29.4 Å². The molecule has 0 unspecified atom stereocenters. The van der Waals surface area contributed by atoms with E-state index in [1.165, 1.54) is 17.2 Å². The minimum absolute atomic E-state index is 0.0185. The molecule has 0 bridgehead atoms. The van der Waals surface area contributed by atoms with Gasteiger partial charge in [0.2, 0.25) is 0 Å². The number of hydrogen-bond acceptors (Lipinski definition) is 3. The average molecular weight is 326 g/mol. The van der Waals surface area contributed by atoms with E-state index >= 15 is 0 Å². The van der Waals surface area contributed by atoms with Gasteiger partial charge >= 0.3 is 0 Å². The van der Waals surface area contributed by atoms with Crippen molar-refractivity contribution in [1.82, 2.24) is 14.1 Å². The number of imidazole rings is 1. The molecule has 112 valence electrons. The Morgan fingerprint density at radius 3 is 2.81 bits per heavy atom. The van der Waals surface area contributed by atoms with Gasteiger partial charge in [-0.2, -0.15) is 0 Å². The number of nitrogens with zero attached hydrogens (tertiary/aromatic N) is 2. The van der Waals surface area contributed by atoms with Gasteiger partial charge in [0.05, 0.1) is 0 Å². The van der Waals surface area contributed by atoms with Gasteiger partial charge in [0.15, 0.2) is 10.2 Å². The second-order valence-electron chi connectivity index (χ2n) is 6.10. The van der Waals surface area contributed by atoms with Gasteiger partial charge in [0.25, 0.3) is 10.0 Å². The minimum atomic E-state index is -3.65. The van der Waals surface area contributed by atoms with E-state index in [-0.39, 0.29) is 15.6 Å². The molecule has 5 nitrogen and oxygen atoms in total. The zero-order valence-corrected chi connectivity index (χ0v) is 13.0. The van der Waals surface area contributed by atoms with Crippen molar-refractivity contribution >= 4 is 27.3 Å². The predicted molar refractivity (Wildman–Crippen MR) is 79.8 cm³/mol. The number of rotatable bonds is 5. The monoisotopic (exact) mass is 325 g/mol. The van der Waals surface area contributed by atoms with Gasteiger partial charge in [0.1, 0.15) is 5.65 Å². The summed E-state index contributed by atoms with van der Waals surface area (Å²) in [5.41, 5.74) is 0.742. The van der Waals surface area contributed by atoms with E-state index in [9.17, 15) is 8.42 Å². The highest BCUT2D eigenvalue weighted by atomic mass is 35.5. The van der Waals surface area contributed by atoms with Crippen LogP contribution in [0.4, 0.5) is 0 Å². The third-order valence-electron chi connectivity index (χ3n) is 4.65. The summed E-state index contributed by atoms with van der Waals surface area (Å²) < 4.78 is 29.4. The van der Waals surface area contributed by atoms with Gasteiger partial charge < -0.3 is 0 Å². The zero-order chi connectivity index (χ0) is 14.7. The highest BCUT2D eigenvalue weighted by Gasteiger charge is 2.53. The number of pyridine rings is 1. The molecular formula is C14H16ClN3O2S. The van der Waals surface area contributed by atoms with Crippen molar-refractivity contribution in [3.05, 3.63) is 29.5 Å². The zero-order valence-electron chi connectivity index (χ0n) is 11.4. The second kappa shape index (κ2) is 4.44. The first kappa shape index (κ1) is 13.5. The SMILES string of the molecule is O=S(=O)(NCC1(C2CC2)CC1)c1c(Cl)nc2ccccn12. The maximum atomic E-state index is 12.6. The fourth-order valence-corrected chi connectivity index (χ4v) is 4.86. The fraction of sp³-hybridized carbons (Fsp3) is 0.500. The maximum absolute atomic E-state index is 12.6. The van der Waals surface area contributed by atoms with Crippen molar-refractivity contribution < 1.29 is 8.42 Å². The van der Waals surface area contributed by atoms with Crippen LogP contribution in [0.1, 0.15) is 25.7 Å². The molecule has 2 aromatic heterocycles. The van der Waals surface area contributed by atoms with Gasteiger partial charge in [-0.3, -0.25) is 4.40 Å². The molecule has 1 N–H and O–H groups in total. The number of fused-ring (bicyclic) bond motifs is 1. The van der Waals surface area contributed by atoms with Gasteiger partial charge in [-0.25, -0.2) is 18.1 Å². The third kappa shape index (κ3) is 2.25. The molecule has 7 heteroatoms. The topological polar surface area (TPSA) is 63.5 Å². The van der Waals surface area contributed by atoms with Crippen LogP contribution in [0.25, 0.3) is 5.65 Å². The van der Waals surface area contributed by atoms with Crippen molar-refractivity contribution in [2.75, 3.05) is 6.54 Å². The Morgan fingerprint density at radius 1 is 1.38 bits per heavy atom. The molecule has 2 aliphatic rings. The van der Waals surface area contributed by atoms with Crippen molar-refractivity contribution in [3.63, 3.8) is 0 Å². The molecule has 0 amide bonds. The van der Waals surface area contributed by atoms with E-state index in [2.05, 4.69) is 9.71 Å². The van der Waals surface area contributed by atoms with E-state index in [1.54, 1.807) is 24.4 Å². The molecule has 2 aliphatic carbocycles. The summed E-state index contributed by atoms with van der Waals surface area (Å²) in [6.45, 7) is 0.510. The molecule has 4 rings (SSSR count). The van der Waals surface area contributed by atoms with Gasteiger partial charge in [-0.15, -0.1) is 0 Å². The van der Waals surface area contributed by atoms with Gasteiger partial charge in [-0.1, -0.05) is 17.7 Å². The summed E-state index contributed by atoms with van der Waals surface area (Å²) in [6.07, 6.45) is 6.38. The van der Waals surface area contributed by atoms with Crippen LogP contribution < -0.4 is 4.72 Å². The van der Waals surface area contributed by atoms with E-state index in [1.807, 2.05) is 0 Å². The summed E-state index contributed by atoms with van der Waals surface area (Å²) in [5.74, 6) is 0.706. The molecule has 0 aromatic carbocycles. The van der Waals surface area contributed by atoms with E-state index < -0.39 is 10.0 Å². The first-order valence-corrected chi connectivity index (χ1v) is 9.00. The number of sulfonamides is 1. The molecule has 21 heavy (non-hydrogen) atoms. The molecule has 2 aromatic rings. The van der Waals surface area contributed by atoms with Crippen LogP contribution in [0.2, 0.25) is 5.15 Å². The summed E-state index contributed by atoms with van der Waals surface area (Å²) >= 11 is 6.04. The van der Waals surface area contributed by atoms with Crippen LogP contribution in [-0.4, -0.2) is 24.3 Å². The summed E-state index contributed by atoms with van der Waals surface area (Å²) in [6, 6.07) is 5.29. The third-order valence-corrected chi connectivity index (χ3v) is 6.45. The lowest BCUT2D eigenvalue weighted by atomic mass is 10.0. The average Bonchev–Trinajstić information content (AvgIpc) is 3.32. The van der Waals surface area contributed by atoms with Gasteiger partial charge in [-0.05, 0) is 49.1 Å². The van der Waals surface area contributed by atoms with E-state index in [0.717, 1.165) is 12.8 Å². The molecule has 0 saturated heterocycles. The quantitative estimate of drug-likeness (QED) is 0.918. The van der Waals surface area contributed by atoms with Crippen molar-refractivity contribution in [2.24, 2.45) is 11.3 Å². The maximum Gasteiger partial charge on any atom is 0.259 e. The number of nitrogens with one attached hydrogen (secondary N) is 1. The highest BCUT2D eigenvalue weighted by molar-refractivity contribution is 7.89. The molecule has 2 heterocycles. The van der Waals surface area contributed by atoms with E-state index in [0.29, 0.717) is 18.1 Å². The van der Waals surface area contributed by atoms with Gasteiger partial charge in [0, 0.05) is 12.7 Å². The van der Waals surface area contributed by atoms with Crippen LogP contribution in [-0.2, 0) is 10.0 Å². The predicted octanol–water partition coefficient (Wildman–Crippen LogP) is 2.46. The lowest BCUT2D eigenvalue weighted by Crippen LogP contribution is -2.32. The molecular weight excluding hydrogens is 310 g/mol. The van der Waals surface area contributed by atoms with Crippen LogP contribution in [0, 0.1) is 11.3 Å². The molecule has 0 spiro atoms. The lowest BCUT2D eigenvalue weighted by molar-refractivity contribution is 0.431. The fourth-order valence-electron chi connectivity index (χ4n) is 3.08. The first-order valence-electron chi connectivity index (χ1n) is 7.14. The van der Waals surface area contributed by atoms with Crippen LogP contribution >= 0.6 is 11.6 Å². The Kier molecular flexibility index (Phi) is 2.87. The Labute approximate surface area is 128 Å². The minimum Gasteiger partial charge on any atom is -0.288 e. The molecule has 0 atom stereocenters. The highest BCUT2D eigenvalue weighted by Crippen LogP contribution is 2.60. The Hall–Kier alpha value is -1.11. The standard InChI is InChI=1S/C14H16ClN3O2S/c15-12-13(18-8-2-1-3-11(18)17-12)21(19,20)16-9-14(6-7-14)10-4-5-10/h1-3,8,10,16H,4-7,9H2. The Balaban J connectivity index is 1.65. The normalized spacial score (nSPS) is 20.8. The first-order chi connectivity index (χ1) is 10.0. The number of aromatic nitrogens is 2. The molecule has 0 radical (unpaired) electrons. The summed E-state index contributed by atoms with van der Waals surface area (Å²) in [4.78, 5) is 4.10. The van der Waals surface area contributed by atoms with E-state index in [4.69, 9.17) is 11.6 Å². The molecule has 0 aliphatic heterocycles. The molecule has 2 fully saturated rings. The van der Waals surface area contributed by atoms with Crippen molar-refractivity contribution in [3.8, 4) is 0 Å². The smallest absolute Gasteiger partial charge is 0.259 e. The number of hydrogen-bond donors (Lipinski definition) is 1. The lowest BCUT2D eigenvalue weighted by Gasteiger charge is -2.15. The summed E-state index contributed by atoms with van der Waals surface area (Å²) in [5, 5.41) is 0.0522. The number of halogens is 1. The second-order valence-corrected chi connectivity index (χ2v) is 8.14. The van der Waals surface area contributed by atoms with Crippen LogP contribution in [0.3, 0.4) is 0 Å². The van der Waals surface area contributed by atoms with Crippen LogP contribution in [0.5, 0.6) is 0 Å². The van der Waals surface area contributed by atoms with Crippen molar-refractivity contribution in [2.45, 2.75) is 30.7 Å².